The standard InChI is InChI=1S/C12H9N5OS/c18-11-9-4-1-2-5-10(9)15-16-17(11)8-19-12-13-6-3-7-14-12/h1-7H,8H2. The molecule has 0 unspecified atom stereocenters. The third-order valence-corrected chi connectivity index (χ3v) is 3.33. The maximum atomic E-state index is 12.2. The molecule has 3 rings (SSSR count). The van der Waals surface area contributed by atoms with Crippen LogP contribution in [0.25, 0.3) is 10.9 Å². The van der Waals surface area contributed by atoms with Crippen LogP contribution in [0.4, 0.5) is 0 Å². The van der Waals surface area contributed by atoms with Gasteiger partial charge in [0.05, 0.1) is 11.3 Å². The van der Waals surface area contributed by atoms with Crippen LogP contribution in [0, 0.1) is 0 Å². The van der Waals surface area contributed by atoms with Crippen LogP contribution in [-0.2, 0) is 5.88 Å². The Morgan fingerprint density at radius 3 is 2.74 bits per heavy atom. The van der Waals surface area contributed by atoms with E-state index >= 15 is 0 Å². The van der Waals surface area contributed by atoms with Crippen molar-refractivity contribution in [3.05, 3.63) is 53.1 Å². The van der Waals surface area contributed by atoms with E-state index < -0.39 is 0 Å². The normalized spacial score (nSPS) is 10.7. The van der Waals surface area contributed by atoms with E-state index in [-0.39, 0.29) is 5.56 Å². The molecule has 0 fully saturated rings. The molecule has 0 N–H and O–H groups in total. The van der Waals surface area contributed by atoms with Crippen molar-refractivity contribution >= 4 is 22.7 Å². The fourth-order valence-electron chi connectivity index (χ4n) is 1.59. The van der Waals surface area contributed by atoms with Gasteiger partial charge in [-0.15, -0.1) is 5.10 Å². The van der Waals surface area contributed by atoms with Crippen molar-refractivity contribution < 1.29 is 0 Å². The highest BCUT2D eigenvalue weighted by Gasteiger charge is 2.05. The summed E-state index contributed by atoms with van der Waals surface area (Å²) in [6.07, 6.45) is 3.31. The van der Waals surface area contributed by atoms with E-state index in [1.807, 2.05) is 12.1 Å². The van der Waals surface area contributed by atoms with Gasteiger partial charge in [0, 0.05) is 12.4 Å². The van der Waals surface area contributed by atoms with Crippen LogP contribution < -0.4 is 5.56 Å². The molecule has 0 saturated heterocycles. The minimum atomic E-state index is -0.158. The van der Waals surface area contributed by atoms with E-state index in [9.17, 15) is 4.79 Å². The van der Waals surface area contributed by atoms with Gasteiger partial charge in [0.15, 0.2) is 5.16 Å². The number of aromatic nitrogens is 5. The first-order chi connectivity index (χ1) is 9.34. The molecule has 2 aromatic heterocycles. The van der Waals surface area contributed by atoms with E-state index in [4.69, 9.17) is 0 Å². The lowest BCUT2D eigenvalue weighted by Crippen LogP contribution is -2.23. The topological polar surface area (TPSA) is 73.6 Å². The van der Waals surface area contributed by atoms with Gasteiger partial charge in [-0.2, -0.15) is 4.68 Å². The van der Waals surface area contributed by atoms with E-state index in [0.717, 1.165) is 0 Å². The van der Waals surface area contributed by atoms with Crippen LogP contribution in [0.3, 0.4) is 0 Å². The Balaban J connectivity index is 1.90. The van der Waals surface area contributed by atoms with Gasteiger partial charge in [0.25, 0.3) is 5.56 Å². The molecule has 7 heteroatoms. The summed E-state index contributed by atoms with van der Waals surface area (Å²) in [6, 6.07) is 8.89. The zero-order valence-electron chi connectivity index (χ0n) is 9.80. The molecular weight excluding hydrogens is 262 g/mol. The molecule has 0 spiro atoms. The molecule has 0 aliphatic carbocycles. The lowest BCUT2D eigenvalue weighted by atomic mass is 10.2. The van der Waals surface area contributed by atoms with E-state index in [2.05, 4.69) is 20.3 Å². The quantitative estimate of drug-likeness (QED) is 0.528. The first-order valence-electron chi connectivity index (χ1n) is 5.57. The van der Waals surface area contributed by atoms with Gasteiger partial charge < -0.3 is 0 Å². The first kappa shape index (κ1) is 11.8. The zero-order valence-corrected chi connectivity index (χ0v) is 10.6. The fraction of sp³-hybridized carbons (Fsp3) is 0.0833. The van der Waals surface area contributed by atoms with Crippen molar-refractivity contribution in [2.75, 3.05) is 0 Å². The fourth-order valence-corrected chi connectivity index (χ4v) is 2.26. The first-order valence-corrected chi connectivity index (χ1v) is 6.55. The maximum absolute atomic E-state index is 12.2. The third kappa shape index (κ3) is 2.45. The van der Waals surface area contributed by atoms with Crippen molar-refractivity contribution in [3.63, 3.8) is 0 Å². The highest BCUT2D eigenvalue weighted by atomic mass is 32.2. The van der Waals surface area contributed by atoms with Gasteiger partial charge in [0.2, 0.25) is 0 Å². The number of thioether (sulfide) groups is 1. The van der Waals surface area contributed by atoms with Crippen LogP contribution in [-0.4, -0.2) is 25.0 Å². The molecule has 0 aliphatic heterocycles. The van der Waals surface area contributed by atoms with E-state index in [1.165, 1.54) is 16.4 Å². The summed E-state index contributed by atoms with van der Waals surface area (Å²) in [4.78, 5) is 20.3. The molecular formula is C12H9N5OS. The van der Waals surface area contributed by atoms with Gasteiger partial charge in [-0.25, -0.2) is 9.97 Å². The number of nitrogens with zero attached hydrogens (tertiary/aromatic N) is 5. The van der Waals surface area contributed by atoms with Crippen LogP contribution in [0.1, 0.15) is 0 Å². The largest absolute Gasteiger partial charge is 0.278 e. The maximum Gasteiger partial charge on any atom is 0.278 e. The van der Waals surface area contributed by atoms with Gasteiger partial charge in [-0.1, -0.05) is 29.1 Å². The molecule has 1 aromatic carbocycles. The van der Waals surface area contributed by atoms with Crippen LogP contribution in [0.5, 0.6) is 0 Å². The van der Waals surface area contributed by atoms with Gasteiger partial charge in [0.1, 0.15) is 5.52 Å². The summed E-state index contributed by atoms with van der Waals surface area (Å²) >= 11 is 1.33. The van der Waals surface area contributed by atoms with Crippen molar-refractivity contribution in [1.82, 2.24) is 25.0 Å². The molecule has 6 nitrogen and oxygen atoms in total. The molecule has 0 atom stereocenters. The number of hydrogen-bond donors (Lipinski definition) is 0. The van der Waals surface area contributed by atoms with Crippen molar-refractivity contribution in [1.29, 1.82) is 0 Å². The Labute approximate surface area is 112 Å². The molecule has 19 heavy (non-hydrogen) atoms. The average molecular weight is 271 g/mol. The Morgan fingerprint density at radius 1 is 1.11 bits per heavy atom. The minimum Gasteiger partial charge on any atom is -0.267 e. The highest BCUT2D eigenvalue weighted by Crippen LogP contribution is 2.12. The second-order valence-corrected chi connectivity index (χ2v) is 4.63. The summed E-state index contributed by atoms with van der Waals surface area (Å²) in [5.74, 6) is 0.334. The van der Waals surface area contributed by atoms with Crippen LogP contribution in [0.2, 0.25) is 0 Å². The molecule has 94 valence electrons. The highest BCUT2D eigenvalue weighted by molar-refractivity contribution is 7.98. The van der Waals surface area contributed by atoms with Crippen LogP contribution in [0.15, 0.2) is 52.7 Å². The molecule has 0 amide bonds. The van der Waals surface area contributed by atoms with Crippen molar-refractivity contribution in [2.24, 2.45) is 0 Å². The Morgan fingerprint density at radius 2 is 1.89 bits per heavy atom. The number of rotatable bonds is 3. The third-order valence-electron chi connectivity index (χ3n) is 2.49. The van der Waals surface area contributed by atoms with Crippen molar-refractivity contribution in [2.45, 2.75) is 11.0 Å². The van der Waals surface area contributed by atoms with Gasteiger partial charge in [-0.3, -0.25) is 4.79 Å². The molecule has 0 radical (unpaired) electrons. The zero-order chi connectivity index (χ0) is 13.1. The van der Waals surface area contributed by atoms with Gasteiger partial charge >= 0.3 is 0 Å². The number of hydrogen-bond acceptors (Lipinski definition) is 6. The molecule has 2 heterocycles. The molecule has 0 aliphatic rings. The summed E-state index contributed by atoms with van der Waals surface area (Å²) in [5, 5.41) is 9.08. The monoisotopic (exact) mass is 271 g/mol. The summed E-state index contributed by atoms with van der Waals surface area (Å²) in [6.45, 7) is 0. The minimum absolute atomic E-state index is 0.158. The predicted octanol–water partition coefficient (Wildman–Crippen LogP) is 1.33. The summed E-state index contributed by atoms with van der Waals surface area (Å²) in [5.41, 5.74) is 0.443. The number of fused-ring (bicyclic) bond motifs is 1. The van der Waals surface area contributed by atoms with Gasteiger partial charge in [-0.05, 0) is 18.2 Å². The molecule has 0 bridgehead atoms. The summed E-state index contributed by atoms with van der Waals surface area (Å²) in [7, 11) is 0. The predicted molar refractivity (Wildman–Crippen MR) is 71.7 cm³/mol. The molecule has 0 saturated carbocycles. The Kier molecular flexibility index (Phi) is 3.20. The van der Waals surface area contributed by atoms with E-state index in [0.29, 0.717) is 21.9 Å². The van der Waals surface area contributed by atoms with E-state index in [1.54, 1.807) is 30.6 Å². The average Bonchev–Trinajstić information content (AvgIpc) is 2.48. The Hall–Kier alpha value is -2.28. The summed E-state index contributed by atoms with van der Waals surface area (Å²) < 4.78 is 1.31. The lowest BCUT2D eigenvalue weighted by Gasteiger charge is -2.03. The SMILES string of the molecule is O=c1c2ccccc2nnn1CSc1ncccn1. The smallest absolute Gasteiger partial charge is 0.267 e. The lowest BCUT2D eigenvalue weighted by molar-refractivity contribution is 0.643. The van der Waals surface area contributed by atoms with Crippen molar-refractivity contribution in [3.8, 4) is 0 Å². The number of benzene rings is 1. The molecule has 3 aromatic rings. The second-order valence-electron chi connectivity index (χ2n) is 3.72. The van der Waals surface area contributed by atoms with Crippen LogP contribution >= 0.6 is 11.8 Å². The second kappa shape index (κ2) is 5.15. The Bertz CT molecular complexity index is 759.